The van der Waals surface area contributed by atoms with Crippen LogP contribution in [0, 0.1) is 0 Å². The number of ether oxygens (including phenoxy) is 1. The van der Waals surface area contributed by atoms with Crippen LogP contribution >= 0.6 is 0 Å². The molecular weight excluding hydrogens is 382 g/mol. The highest BCUT2D eigenvalue weighted by Crippen LogP contribution is 2.27. The SMILES string of the molecule is COc1cccc(/C=N/NC(=O)C[n+]2c(-c3ccccn3)[nH]c3ccccc32)c1O. The molecule has 2 aromatic heterocycles. The molecule has 0 saturated heterocycles. The summed E-state index contributed by atoms with van der Waals surface area (Å²) in [4.78, 5) is 20.3. The number of nitrogens with one attached hydrogen (secondary N) is 2. The lowest BCUT2D eigenvalue weighted by atomic mass is 10.2. The molecule has 2 aromatic carbocycles. The highest BCUT2D eigenvalue weighted by molar-refractivity contribution is 5.86. The fraction of sp³-hybridized carbons (Fsp3) is 0.0909. The highest BCUT2D eigenvalue weighted by atomic mass is 16.5. The van der Waals surface area contributed by atoms with Gasteiger partial charge in [-0.15, -0.1) is 0 Å². The number of hydrogen-bond donors (Lipinski definition) is 3. The first kappa shape index (κ1) is 19.1. The van der Waals surface area contributed by atoms with Crippen LogP contribution in [0.4, 0.5) is 0 Å². The number of nitrogens with zero attached hydrogens (tertiary/aromatic N) is 3. The zero-order valence-electron chi connectivity index (χ0n) is 16.2. The van der Waals surface area contributed by atoms with Crippen LogP contribution in [0.3, 0.4) is 0 Å². The Morgan fingerprint density at radius 3 is 2.83 bits per heavy atom. The molecule has 0 radical (unpaired) electrons. The minimum atomic E-state index is -0.319. The zero-order chi connectivity index (χ0) is 20.9. The van der Waals surface area contributed by atoms with Crippen molar-refractivity contribution >= 4 is 23.2 Å². The van der Waals surface area contributed by atoms with Crippen molar-refractivity contribution in [2.45, 2.75) is 6.54 Å². The number of hydrazone groups is 1. The van der Waals surface area contributed by atoms with Gasteiger partial charge in [0.15, 0.2) is 34.8 Å². The molecule has 0 unspecified atom stereocenters. The Hall–Kier alpha value is -4.20. The summed E-state index contributed by atoms with van der Waals surface area (Å²) in [6.45, 7) is 0.0390. The molecule has 0 spiro atoms. The van der Waals surface area contributed by atoms with Gasteiger partial charge in [-0.2, -0.15) is 5.10 Å². The number of carbonyl (C=O) groups is 1. The number of phenolic OH excluding ortho intramolecular Hbond substituents is 1. The summed E-state index contributed by atoms with van der Waals surface area (Å²) in [5, 5.41) is 14.1. The van der Waals surface area contributed by atoms with E-state index in [2.05, 4.69) is 20.5 Å². The number of aromatic hydroxyl groups is 1. The monoisotopic (exact) mass is 402 g/mol. The van der Waals surface area contributed by atoms with Gasteiger partial charge in [-0.25, -0.2) is 20.0 Å². The van der Waals surface area contributed by atoms with Crippen LogP contribution in [-0.4, -0.2) is 34.3 Å². The van der Waals surface area contributed by atoms with Gasteiger partial charge in [0.05, 0.1) is 13.3 Å². The second-order valence-corrected chi connectivity index (χ2v) is 6.48. The first-order valence-corrected chi connectivity index (χ1v) is 9.27. The second kappa shape index (κ2) is 8.44. The van der Waals surface area contributed by atoms with Crippen molar-refractivity contribution in [2.75, 3.05) is 7.11 Å². The molecule has 0 bridgehead atoms. The van der Waals surface area contributed by atoms with Crippen LogP contribution in [0.1, 0.15) is 5.56 Å². The minimum Gasteiger partial charge on any atom is -0.504 e. The molecule has 8 heteroatoms. The Labute approximate surface area is 172 Å². The molecule has 1 amide bonds. The predicted molar refractivity (Wildman–Crippen MR) is 112 cm³/mol. The number of phenols is 1. The molecule has 0 aliphatic carbocycles. The number of H-pyrrole nitrogens is 1. The minimum absolute atomic E-state index is 0.0390. The Bertz CT molecular complexity index is 1220. The van der Waals surface area contributed by atoms with Crippen molar-refractivity contribution in [1.82, 2.24) is 15.4 Å². The van der Waals surface area contributed by atoms with Crippen LogP contribution in [0.15, 0.2) is 72.0 Å². The molecule has 0 fully saturated rings. The largest absolute Gasteiger partial charge is 0.504 e. The molecule has 3 N–H and O–H groups in total. The van der Waals surface area contributed by atoms with Crippen molar-refractivity contribution in [3.8, 4) is 23.0 Å². The lowest BCUT2D eigenvalue weighted by Gasteiger charge is -2.05. The molecule has 8 nitrogen and oxygen atoms in total. The first-order valence-electron chi connectivity index (χ1n) is 9.27. The maximum absolute atomic E-state index is 12.6. The van der Waals surface area contributed by atoms with E-state index >= 15 is 0 Å². The van der Waals surface area contributed by atoms with E-state index in [0.29, 0.717) is 11.3 Å². The Morgan fingerprint density at radius 1 is 1.20 bits per heavy atom. The van der Waals surface area contributed by atoms with Crippen molar-refractivity contribution in [1.29, 1.82) is 0 Å². The topological polar surface area (TPSA) is 103 Å². The standard InChI is InChI=1S/C22H19N5O3/c1-30-19-11-6-7-15(21(19)29)13-24-26-20(28)14-27-18-10-3-2-8-16(18)25-22(27)17-9-4-5-12-23-17/h2-13H,14H2,1H3,(H2,23,24,25,26,28,29)/p+1. The van der Waals surface area contributed by atoms with Crippen molar-refractivity contribution in [3.63, 3.8) is 0 Å². The summed E-state index contributed by atoms with van der Waals surface area (Å²) >= 11 is 0. The first-order chi connectivity index (χ1) is 14.7. The van der Waals surface area contributed by atoms with Crippen molar-refractivity contribution < 1.29 is 19.2 Å². The Kier molecular flexibility index (Phi) is 5.38. The van der Waals surface area contributed by atoms with E-state index in [-0.39, 0.29) is 18.2 Å². The van der Waals surface area contributed by atoms with Crippen LogP contribution in [-0.2, 0) is 11.3 Å². The number of benzene rings is 2. The van der Waals surface area contributed by atoms with Gasteiger partial charge in [0, 0.05) is 11.8 Å². The average molecular weight is 402 g/mol. The van der Waals surface area contributed by atoms with Gasteiger partial charge in [0.25, 0.3) is 5.91 Å². The third-order valence-electron chi connectivity index (χ3n) is 4.57. The molecule has 30 heavy (non-hydrogen) atoms. The fourth-order valence-electron chi connectivity index (χ4n) is 3.16. The summed E-state index contributed by atoms with van der Waals surface area (Å²) in [6.07, 6.45) is 3.07. The Balaban J connectivity index is 1.56. The summed E-state index contributed by atoms with van der Waals surface area (Å²) in [5.41, 5.74) is 5.44. The number of aromatic nitrogens is 3. The van der Waals surface area contributed by atoms with E-state index in [1.54, 1.807) is 24.4 Å². The number of imidazole rings is 1. The molecule has 4 rings (SSSR count). The van der Waals surface area contributed by atoms with Crippen LogP contribution in [0.2, 0.25) is 0 Å². The molecule has 0 saturated carbocycles. The van der Waals surface area contributed by atoms with Crippen molar-refractivity contribution in [3.05, 3.63) is 72.4 Å². The number of carbonyl (C=O) groups excluding carboxylic acids is 1. The van der Waals surface area contributed by atoms with Gasteiger partial charge in [-0.05, 0) is 36.4 Å². The van der Waals surface area contributed by atoms with E-state index in [1.807, 2.05) is 47.0 Å². The molecule has 4 aromatic rings. The van der Waals surface area contributed by atoms with Crippen molar-refractivity contribution in [2.24, 2.45) is 5.10 Å². The number of fused-ring (bicyclic) bond motifs is 1. The van der Waals surface area contributed by atoms with E-state index in [9.17, 15) is 9.90 Å². The number of para-hydroxylation sites is 3. The summed E-state index contributed by atoms with van der Waals surface area (Å²) in [5.74, 6) is 0.697. The fourth-order valence-corrected chi connectivity index (χ4v) is 3.16. The number of methoxy groups -OCH3 is 1. The maximum Gasteiger partial charge on any atom is 0.306 e. The zero-order valence-corrected chi connectivity index (χ0v) is 16.2. The number of aromatic amines is 1. The quantitative estimate of drug-likeness (QED) is 0.262. The number of amides is 1. The van der Waals surface area contributed by atoms with E-state index in [1.165, 1.54) is 13.3 Å². The predicted octanol–water partition coefficient (Wildman–Crippen LogP) is 2.38. The van der Waals surface area contributed by atoms with Gasteiger partial charge in [0.2, 0.25) is 0 Å². The average Bonchev–Trinajstić information content (AvgIpc) is 3.14. The summed E-state index contributed by atoms with van der Waals surface area (Å²) in [7, 11) is 1.47. The van der Waals surface area contributed by atoms with Crippen LogP contribution < -0.4 is 14.7 Å². The Morgan fingerprint density at radius 2 is 2.03 bits per heavy atom. The normalized spacial score (nSPS) is 11.1. The van der Waals surface area contributed by atoms with E-state index < -0.39 is 0 Å². The summed E-state index contributed by atoms with van der Waals surface area (Å²) in [6, 6.07) is 18.4. The lowest BCUT2D eigenvalue weighted by Crippen LogP contribution is -2.42. The molecule has 2 heterocycles. The third-order valence-corrected chi connectivity index (χ3v) is 4.57. The van der Waals surface area contributed by atoms with E-state index in [4.69, 9.17) is 4.74 Å². The van der Waals surface area contributed by atoms with Gasteiger partial charge in [-0.3, -0.25) is 4.79 Å². The lowest BCUT2D eigenvalue weighted by molar-refractivity contribution is -0.647. The summed E-state index contributed by atoms with van der Waals surface area (Å²) < 4.78 is 6.92. The maximum atomic E-state index is 12.6. The third kappa shape index (κ3) is 3.83. The van der Waals surface area contributed by atoms with Crippen LogP contribution in [0.25, 0.3) is 22.6 Å². The smallest absolute Gasteiger partial charge is 0.306 e. The molecule has 0 aliphatic rings. The number of rotatable bonds is 6. The highest BCUT2D eigenvalue weighted by Gasteiger charge is 2.22. The van der Waals surface area contributed by atoms with E-state index in [0.717, 1.165) is 22.6 Å². The molecular formula is C22H20N5O3+. The molecule has 0 aliphatic heterocycles. The van der Waals surface area contributed by atoms with Gasteiger partial charge >= 0.3 is 5.82 Å². The van der Waals surface area contributed by atoms with Gasteiger partial charge in [0.1, 0.15) is 0 Å². The molecule has 150 valence electrons. The number of hydrogen-bond acceptors (Lipinski definition) is 5. The van der Waals surface area contributed by atoms with Crippen LogP contribution in [0.5, 0.6) is 11.5 Å². The second-order valence-electron chi connectivity index (χ2n) is 6.48. The van der Waals surface area contributed by atoms with Gasteiger partial charge in [-0.1, -0.05) is 24.3 Å². The van der Waals surface area contributed by atoms with Gasteiger partial charge < -0.3 is 9.84 Å². The molecule has 0 atom stereocenters. The number of pyridine rings is 1.